The Balaban J connectivity index is 1.32. The van der Waals surface area contributed by atoms with E-state index in [0.717, 1.165) is 34.1 Å². The van der Waals surface area contributed by atoms with Crippen LogP contribution in [0, 0.1) is 5.82 Å². The highest BCUT2D eigenvalue weighted by molar-refractivity contribution is 5.88. The van der Waals surface area contributed by atoms with Crippen LogP contribution in [0.1, 0.15) is 49.0 Å². The first-order valence-corrected chi connectivity index (χ1v) is 12.3. The normalized spacial score (nSPS) is 16.2. The molecule has 1 aliphatic rings. The SMILES string of the molecule is CCC(C(=O)O)n1c2c(c3cc(F)ccc31)C[C@@H](NC(=O)CCc1ccc3ccccc3c1)CC2. The Hall–Kier alpha value is -3.67. The first-order chi connectivity index (χ1) is 16.9. The van der Waals surface area contributed by atoms with Gasteiger partial charge in [0.25, 0.3) is 0 Å². The van der Waals surface area contributed by atoms with Crippen molar-refractivity contribution in [2.45, 2.75) is 57.5 Å². The summed E-state index contributed by atoms with van der Waals surface area (Å²) in [5.41, 5.74) is 3.77. The molecule has 1 aromatic heterocycles. The van der Waals surface area contributed by atoms with Crippen molar-refractivity contribution in [3.63, 3.8) is 0 Å². The van der Waals surface area contributed by atoms with Crippen molar-refractivity contribution in [1.82, 2.24) is 9.88 Å². The molecule has 0 saturated carbocycles. The summed E-state index contributed by atoms with van der Waals surface area (Å²) < 4.78 is 16.0. The lowest BCUT2D eigenvalue weighted by Gasteiger charge is -2.26. The number of aromatic nitrogens is 1. The molecule has 2 N–H and O–H groups in total. The maximum Gasteiger partial charge on any atom is 0.326 e. The summed E-state index contributed by atoms with van der Waals surface area (Å²) in [6.45, 7) is 1.85. The predicted molar refractivity (Wildman–Crippen MR) is 135 cm³/mol. The Kier molecular flexibility index (Phi) is 6.29. The van der Waals surface area contributed by atoms with Gasteiger partial charge in [-0.05, 0) is 72.2 Å². The Morgan fingerprint density at radius 3 is 2.69 bits per heavy atom. The fourth-order valence-corrected chi connectivity index (χ4v) is 5.46. The van der Waals surface area contributed by atoms with E-state index in [1.54, 1.807) is 6.07 Å². The third-order valence-corrected chi connectivity index (χ3v) is 7.17. The van der Waals surface area contributed by atoms with E-state index in [4.69, 9.17) is 0 Å². The largest absolute Gasteiger partial charge is 0.480 e. The van der Waals surface area contributed by atoms with Crippen LogP contribution in [0.4, 0.5) is 4.39 Å². The highest BCUT2D eigenvalue weighted by Crippen LogP contribution is 2.36. The molecule has 2 atom stereocenters. The number of benzene rings is 3. The molecule has 1 heterocycles. The van der Waals surface area contributed by atoms with Crippen LogP contribution in [-0.4, -0.2) is 27.6 Å². The molecular weight excluding hydrogens is 443 g/mol. The smallest absolute Gasteiger partial charge is 0.326 e. The molecule has 4 aromatic rings. The number of carboxylic acids is 1. The van der Waals surface area contributed by atoms with Gasteiger partial charge in [0.1, 0.15) is 11.9 Å². The molecule has 6 heteroatoms. The monoisotopic (exact) mass is 472 g/mol. The Labute approximate surface area is 203 Å². The van der Waals surface area contributed by atoms with E-state index in [1.165, 1.54) is 22.9 Å². The van der Waals surface area contributed by atoms with Crippen molar-refractivity contribution < 1.29 is 19.1 Å². The molecule has 5 nitrogen and oxygen atoms in total. The van der Waals surface area contributed by atoms with Crippen molar-refractivity contribution in [3.8, 4) is 0 Å². The van der Waals surface area contributed by atoms with Crippen molar-refractivity contribution >= 4 is 33.6 Å². The quantitative estimate of drug-likeness (QED) is 0.369. The molecule has 0 saturated heterocycles. The minimum Gasteiger partial charge on any atom is -0.480 e. The summed E-state index contributed by atoms with van der Waals surface area (Å²) in [6.07, 6.45) is 3.44. The van der Waals surface area contributed by atoms with Gasteiger partial charge in [-0.1, -0.05) is 49.4 Å². The minimum absolute atomic E-state index is 0.00139. The minimum atomic E-state index is -0.888. The standard InChI is InChI=1S/C29H29FN2O3/c1-2-25(29(34)35)32-26-12-10-21(30)16-23(26)24-17-22(11-13-27(24)32)31-28(33)14-8-18-7-9-19-5-3-4-6-20(19)15-18/h3-7,9-10,12,15-16,22,25H,2,8,11,13-14,17H2,1H3,(H,31,33)(H,34,35)/t22-,25?/m0/s1. The molecular formula is C29H29FN2O3. The van der Waals surface area contributed by atoms with E-state index in [9.17, 15) is 19.1 Å². The number of fused-ring (bicyclic) bond motifs is 4. The summed E-state index contributed by atoms with van der Waals surface area (Å²) >= 11 is 0. The van der Waals surface area contributed by atoms with Crippen LogP contribution < -0.4 is 5.32 Å². The van der Waals surface area contributed by atoms with Crippen LogP contribution in [0.3, 0.4) is 0 Å². The maximum atomic E-state index is 14.1. The van der Waals surface area contributed by atoms with Crippen LogP contribution in [0.15, 0.2) is 60.7 Å². The number of hydrogen-bond donors (Lipinski definition) is 2. The number of carbonyl (C=O) groups is 2. The summed E-state index contributed by atoms with van der Waals surface area (Å²) in [7, 11) is 0. The van der Waals surface area contributed by atoms with Crippen molar-refractivity contribution in [3.05, 3.63) is 83.3 Å². The number of aliphatic carboxylic acids is 1. The number of rotatable bonds is 7. The Morgan fingerprint density at radius 1 is 1.11 bits per heavy atom. The average Bonchev–Trinajstić information content (AvgIpc) is 3.15. The van der Waals surface area contributed by atoms with Crippen LogP contribution in [0.25, 0.3) is 21.7 Å². The Morgan fingerprint density at radius 2 is 1.91 bits per heavy atom. The van der Waals surface area contributed by atoms with Crippen LogP contribution in [0.5, 0.6) is 0 Å². The van der Waals surface area contributed by atoms with Crippen molar-refractivity contribution in [2.75, 3.05) is 0 Å². The van der Waals surface area contributed by atoms with Crippen LogP contribution >= 0.6 is 0 Å². The van der Waals surface area contributed by atoms with Crippen molar-refractivity contribution in [2.24, 2.45) is 0 Å². The number of aryl methyl sites for hydroxylation is 1. The van der Waals surface area contributed by atoms with Gasteiger partial charge < -0.3 is 15.0 Å². The predicted octanol–water partition coefficient (Wildman–Crippen LogP) is 5.58. The van der Waals surface area contributed by atoms with Gasteiger partial charge in [0, 0.05) is 29.1 Å². The lowest BCUT2D eigenvalue weighted by molar-refractivity contribution is -0.141. The van der Waals surface area contributed by atoms with Gasteiger partial charge in [-0.3, -0.25) is 4.79 Å². The summed E-state index contributed by atoms with van der Waals surface area (Å²) in [6, 6.07) is 18.2. The van der Waals surface area contributed by atoms with E-state index in [0.29, 0.717) is 32.1 Å². The molecule has 0 radical (unpaired) electrons. The summed E-state index contributed by atoms with van der Waals surface area (Å²) in [5, 5.41) is 16.0. The van der Waals surface area contributed by atoms with Gasteiger partial charge in [-0.15, -0.1) is 0 Å². The fourth-order valence-electron chi connectivity index (χ4n) is 5.46. The van der Waals surface area contributed by atoms with Gasteiger partial charge in [0.05, 0.1) is 0 Å². The number of hydrogen-bond acceptors (Lipinski definition) is 2. The van der Waals surface area contributed by atoms with Gasteiger partial charge in [0.15, 0.2) is 0 Å². The highest BCUT2D eigenvalue weighted by atomic mass is 19.1. The molecule has 5 rings (SSSR count). The number of amides is 1. The number of carboxylic acid groups (broad SMARTS) is 1. The third kappa shape index (κ3) is 4.53. The van der Waals surface area contributed by atoms with E-state index in [-0.39, 0.29) is 17.8 Å². The molecule has 35 heavy (non-hydrogen) atoms. The van der Waals surface area contributed by atoms with E-state index < -0.39 is 12.0 Å². The summed E-state index contributed by atoms with van der Waals surface area (Å²) in [4.78, 5) is 24.7. The number of carbonyl (C=O) groups excluding carboxylic acids is 1. The number of nitrogens with zero attached hydrogens (tertiary/aromatic N) is 1. The first kappa shape index (κ1) is 23.1. The maximum absolute atomic E-state index is 14.1. The molecule has 0 spiro atoms. The molecule has 180 valence electrons. The van der Waals surface area contributed by atoms with Gasteiger partial charge >= 0.3 is 5.97 Å². The van der Waals surface area contributed by atoms with E-state index >= 15 is 0 Å². The number of halogens is 1. The second-order valence-electron chi connectivity index (χ2n) is 9.41. The van der Waals surface area contributed by atoms with E-state index in [2.05, 4.69) is 35.6 Å². The first-order valence-electron chi connectivity index (χ1n) is 12.3. The molecule has 1 amide bonds. The second kappa shape index (κ2) is 9.53. The molecule has 0 bridgehead atoms. The highest BCUT2D eigenvalue weighted by Gasteiger charge is 2.30. The fraction of sp³-hybridized carbons (Fsp3) is 0.310. The average molecular weight is 473 g/mol. The molecule has 1 unspecified atom stereocenters. The topological polar surface area (TPSA) is 71.3 Å². The lowest BCUT2D eigenvalue weighted by Crippen LogP contribution is -2.39. The third-order valence-electron chi connectivity index (χ3n) is 7.17. The van der Waals surface area contributed by atoms with Gasteiger partial charge in [-0.2, -0.15) is 0 Å². The zero-order chi connectivity index (χ0) is 24.5. The molecule has 0 fully saturated rings. The van der Waals surface area contributed by atoms with E-state index in [1.807, 2.05) is 23.6 Å². The zero-order valence-corrected chi connectivity index (χ0v) is 19.8. The van der Waals surface area contributed by atoms with Crippen molar-refractivity contribution in [1.29, 1.82) is 0 Å². The molecule has 0 aliphatic heterocycles. The molecule has 1 aliphatic carbocycles. The van der Waals surface area contributed by atoms with Crippen LogP contribution in [0.2, 0.25) is 0 Å². The molecule has 3 aromatic carbocycles. The van der Waals surface area contributed by atoms with Gasteiger partial charge in [0.2, 0.25) is 5.91 Å². The second-order valence-corrected chi connectivity index (χ2v) is 9.41. The summed E-state index contributed by atoms with van der Waals surface area (Å²) in [5.74, 6) is -1.23. The number of nitrogens with one attached hydrogen (secondary N) is 1. The zero-order valence-electron chi connectivity index (χ0n) is 19.8. The van der Waals surface area contributed by atoms with Gasteiger partial charge in [-0.25, -0.2) is 9.18 Å². The Bertz CT molecular complexity index is 1420. The lowest BCUT2D eigenvalue weighted by atomic mass is 9.91. The van der Waals surface area contributed by atoms with Crippen LogP contribution in [-0.2, 0) is 28.9 Å².